The second kappa shape index (κ2) is 7.48. The zero-order valence-electron chi connectivity index (χ0n) is 15.4. The van der Waals surface area contributed by atoms with Gasteiger partial charge >= 0.3 is 6.18 Å². The van der Waals surface area contributed by atoms with Crippen LogP contribution in [-0.4, -0.2) is 27.8 Å². The Morgan fingerprint density at radius 1 is 1.13 bits per heavy atom. The predicted octanol–water partition coefficient (Wildman–Crippen LogP) is 4.02. The number of carbonyl (C=O) groups excluding carboxylic acids is 2. The van der Waals surface area contributed by atoms with Gasteiger partial charge in [-0.05, 0) is 48.9 Å². The van der Waals surface area contributed by atoms with Crippen molar-refractivity contribution in [3.05, 3.63) is 59.2 Å². The van der Waals surface area contributed by atoms with Crippen molar-refractivity contribution in [1.29, 1.82) is 0 Å². The van der Waals surface area contributed by atoms with Crippen LogP contribution in [-0.2, 0) is 11.0 Å². The molecule has 2 aliphatic heterocycles. The highest BCUT2D eigenvalue weighted by Gasteiger charge is 2.31. The fraction of sp³-hybridized carbons (Fsp3) is 0.158. The maximum atomic E-state index is 12.7. The zero-order valence-corrected chi connectivity index (χ0v) is 16.2. The first-order valence-electron chi connectivity index (χ1n) is 8.73. The number of hydrazone groups is 2. The van der Waals surface area contributed by atoms with Gasteiger partial charge in [0.05, 0.1) is 27.9 Å². The van der Waals surface area contributed by atoms with E-state index in [4.69, 9.17) is 0 Å². The van der Waals surface area contributed by atoms with E-state index in [1.54, 1.807) is 18.2 Å². The van der Waals surface area contributed by atoms with Crippen LogP contribution in [0.15, 0.2) is 52.7 Å². The van der Waals surface area contributed by atoms with Crippen LogP contribution in [0.2, 0.25) is 0 Å². The molecule has 0 aromatic heterocycles. The van der Waals surface area contributed by atoms with Gasteiger partial charge in [0.1, 0.15) is 0 Å². The molecule has 0 aliphatic carbocycles. The Morgan fingerprint density at radius 2 is 1.87 bits per heavy atom. The minimum Gasteiger partial charge on any atom is -0.320 e. The van der Waals surface area contributed by atoms with Gasteiger partial charge in [0.15, 0.2) is 5.71 Å². The van der Waals surface area contributed by atoms with Gasteiger partial charge in [-0.1, -0.05) is 17.8 Å². The third-order valence-electron chi connectivity index (χ3n) is 4.48. The molecule has 2 aliphatic rings. The molecule has 1 unspecified atom stereocenters. The number of benzene rings is 2. The first-order valence-corrected chi connectivity index (χ1v) is 9.61. The maximum Gasteiger partial charge on any atom is 0.416 e. The number of amides is 2. The minimum absolute atomic E-state index is 0.0903. The highest BCUT2D eigenvalue weighted by atomic mass is 32.2. The molecule has 2 aromatic carbocycles. The van der Waals surface area contributed by atoms with E-state index in [2.05, 4.69) is 26.4 Å². The smallest absolute Gasteiger partial charge is 0.320 e. The topological polar surface area (TPSA) is 94.9 Å². The van der Waals surface area contributed by atoms with Crippen LogP contribution < -0.4 is 16.2 Å². The number of thioether (sulfide) groups is 1. The number of carbonyl (C=O) groups is 2. The molecule has 0 radical (unpaired) electrons. The molecular weight excluding hydrogens is 419 g/mol. The lowest BCUT2D eigenvalue weighted by atomic mass is 10.0. The van der Waals surface area contributed by atoms with Crippen LogP contribution in [0.5, 0.6) is 0 Å². The van der Waals surface area contributed by atoms with Crippen molar-refractivity contribution in [2.75, 3.05) is 10.7 Å². The molecule has 0 saturated heterocycles. The van der Waals surface area contributed by atoms with E-state index < -0.39 is 17.6 Å². The number of rotatable bonds is 3. The lowest BCUT2D eigenvalue weighted by Crippen LogP contribution is -2.29. The van der Waals surface area contributed by atoms with Gasteiger partial charge < -0.3 is 5.32 Å². The first-order chi connectivity index (χ1) is 14.2. The van der Waals surface area contributed by atoms with Gasteiger partial charge in [-0.2, -0.15) is 23.4 Å². The molecule has 2 heterocycles. The molecule has 0 spiro atoms. The van der Waals surface area contributed by atoms with Crippen LogP contribution in [0, 0.1) is 0 Å². The quantitative estimate of drug-likeness (QED) is 0.637. The van der Waals surface area contributed by atoms with E-state index in [1.165, 1.54) is 12.1 Å². The average Bonchev–Trinajstić information content (AvgIpc) is 3.00. The molecule has 4 rings (SSSR count). The Labute approximate surface area is 172 Å². The largest absolute Gasteiger partial charge is 0.416 e. The number of anilines is 2. The summed E-state index contributed by atoms with van der Waals surface area (Å²) in [6.45, 7) is 1.85. The van der Waals surface area contributed by atoms with E-state index >= 15 is 0 Å². The Bertz CT molecular complexity index is 1100. The summed E-state index contributed by atoms with van der Waals surface area (Å²) in [6, 6.07) is 9.53. The number of hydrogen-bond acceptors (Lipinski definition) is 6. The summed E-state index contributed by atoms with van der Waals surface area (Å²) in [4.78, 5) is 23.7. The summed E-state index contributed by atoms with van der Waals surface area (Å²) in [6.07, 6.45) is -4.43. The summed E-state index contributed by atoms with van der Waals surface area (Å²) < 4.78 is 38.0. The van der Waals surface area contributed by atoms with Gasteiger partial charge in [-0.15, -0.1) is 0 Å². The van der Waals surface area contributed by atoms with E-state index in [-0.39, 0.29) is 16.2 Å². The fourth-order valence-corrected chi connectivity index (χ4v) is 3.74. The Morgan fingerprint density at radius 3 is 2.53 bits per heavy atom. The molecule has 2 aromatic rings. The third-order valence-corrected chi connectivity index (χ3v) is 5.36. The molecule has 2 amide bonds. The van der Waals surface area contributed by atoms with Crippen LogP contribution in [0.4, 0.5) is 29.3 Å². The number of nitrogens with one attached hydrogen (secondary N) is 3. The normalized spacial score (nSPS) is 19.8. The Kier molecular flexibility index (Phi) is 4.98. The van der Waals surface area contributed by atoms with Crippen molar-refractivity contribution in [3.63, 3.8) is 0 Å². The number of nitrogens with zero attached hydrogens (tertiary/aromatic N) is 2. The van der Waals surface area contributed by atoms with E-state index in [0.29, 0.717) is 28.2 Å². The number of alkyl halides is 3. The van der Waals surface area contributed by atoms with Crippen molar-refractivity contribution >= 4 is 45.7 Å². The predicted molar refractivity (Wildman–Crippen MR) is 109 cm³/mol. The van der Waals surface area contributed by atoms with E-state index in [1.807, 2.05) is 6.92 Å². The molecule has 1 atom stereocenters. The standard InChI is InChI=1S/C19H14F3N5O2S/c1-9-15(25-27-18(29)30-9)10-2-7-14-13(8-10)16(17(28)23-14)26-24-12-5-3-11(4-6-12)19(20,21)22/h2-9,24H,1H3,(H,27,29)(H,23,26,28). The highest BCUT2D eigenvalue weighted by molar-refractivity contribution is 8.14. The lowest BCUT2D eigenvalue weighted by Gasteiger charge is -2.18. The van der Waals surface area contributed by atoms with Gasteiger partial charge in [-0.25, -0.2) is 5.43 Å². The van der Waals surface area contributed by atoms with Crippen molar-refractivity contribution in [1.82, 2.24) is 5.43 Å². The molecule has 7 nitrogen and oxygen atoms in total. The molecule has 0 bridgehead atoms. The van der Waals surface area contributed by atoms with Gasteiger partial charge in [-0.3, -0.25) is 15.0 Å². The first kappa shape index (κ1) is 20.0. The van der Waals surface area contributed by atoms with Gasteiger partial charge in [0.25, 0.3) is 11.1 Å². The van der Waals surface area contributed by atoms with Crippen LogP contribution >= 0.6 is 11.8 Å². The van der Waals surface area contributed by atoms with Crippen molar-refractivity contribution < 1.29 is 22.8 Å². The van der Waals surface area contributed by atoms with Crippen LogP contribution in [0.1, 0.15) is 23.6 Å². The summed E-state index contributed by atoms with van der Waals surface area (Å²) in [5, 5.41) is 10.5. The van der Waals surface area contributed by atoms with Gasteiger partial charge in [0, 0.05) is 5.56 Å². The lowest BCUT2D eigenvalue weighted by molar-refractivity contribution is -0.137. The van der Waals surface area contributed by atoms with Crippen LogP contribution in [0.3, 0.4) is 0 Å². The second-order valence-electron chi connectivity index (χ2n) is 6.52. The molecule has 0 fully saturated rings. The minimum atomic E-state index is -4.43. The molecule has 11 heteroatoms. The van der Waals surface area contributed by atoms with Crippen molar-refractivity contribution in [2.24, 2.45) is 10.2 Å². The third kappa shape index (κ3) is 3.88. The van der Waals surface area contributed by atoms with Crippen molar-refractivity contribution in [2.45, 2.75) is 18.3 Å². The van der Waals surface area contributed by atoms with E-state index in [0.717, 1.165) is 23.9 Å². The molecule has 154 valence electrons. The van der Waals surface area contributed by atoms with Gasteiger partial charge in [0.2, 0.25) is 0 Å². The summed E-state index contributed by atoms with van der Waals surface area (Å²) in [5.74, 6) is -0.442. The molecule has 0 saturated carbocycles. The Hall–Kier alpha value is -3.34. The molecular formula is C19H14F3N5O2S. The number of halogens is 3. The maximum absolute atomic E-state index is 12.7. The summed E-state index contributed by atoms with van der Waals surface area (Å²) in [5.41, 5.74) is 7.09. The number of hydrogen-bond donors (Lipinski definition) is 3. The van der Waals surface area contributed by atoms with Crippen LogP contribution in [0.25, 0.3) is 0 Å². The second-order valence-corrected chi connectivity index (χ2v) is 7.83. The Balaban J connectivity index is 1.61. The average molecular weight is 433 g/mol. The zero-order chi connectivity index (χ0) is 21.5. The summed E-state index contributed by atoms with van der Waals surface area (Å²) in [7, 11) is 0. The summed E-state index contributed by atoms with van der Waals surface area (Å²) >= 11 is 1.10. The fourth-order valence-electron chi connectivity index (χ4n) is 3.02. The highest BCUT2D eigenvalue weighted by Crippen LogP contribution is 2.30. The van der Waals surface area contributed by atoms with E-state index in [9.17, 15) is 22.8 Å². The van der Waals surface area contributed by atoms with Crippen molar-refractivity contribution in [3.8, 4) is 0 Å². The number of fused-ring (bicyclic) bond motifs is 1. The SMILES string of the molecule is CC1SC(=O)NN=C1c1ccc2c(c1)/C(=N/Nc1ccc(C(F)(F)F)cc1)C(=O)N2. The molecule has 3 N–H and O–H groups in total. The monoisotopic (exact) mass is 433 g/mol. The molecule has 30 heavy (non-hydrogen) atoms.